The highest BCUT2D eigenvalue weighted by molar-refractivity contribution is 14.0. The van der Waals surface area contributed by atoms with E-state index in [0.717, 1.165) is 49.4 Å². The smallest absolute Gasteiger partial charge is 0.191 e. The molecule has 4 unspecified atom stereocenters. The van der Waals surface area contributed by atoms with E-state index in [2.05, 4.69) is 10.6 Å². The molecule has 2 aliphatic carbocycles. The van der Waals surface area contributed by atoms with Gasteiger partial charge in [-0.15, -0.1) is 24.0 Å². The van der Waals surface area contributed by atoms with Crippen molar-refractivity contribution in [3.05, 3.63) is 24.2 Å². The Balaban J connectivity index is 0.00000218. The molecule has 168 valence electrons. The van der Waals surface area contributed by atoms with Crippen molar-refractivity contribution in [2.75, 3.05) is 32.9 Å². The molecule has 4 atom stereocenters. The normalized spacial score (nSPS) is 32.3. The third kappa shape index (κ3) is 5.31. The van der Waals surface area contributed by atoms with Gasteiger partial charge in [0.2, 0.25) is 0 Å². The molecule has 0 radical (unpaired) electrons. The van der Waals surface area contributed by atoms with Crippen LogP contribution >= 0.6 is 24.0 Å². The number of hydrogen-bond acceptors (Lipinski definition) is 5. The summed E-state index contributed by atoms with van der Waals surface area (Å²) < 4.78 is 23.1. The molecule has 7 nitrogen and oxygen atoms in total. The van der Waals surface area contributed by atoms with Gasteiger partial charge in [0, 0.05) is 31.8 Å². The molecule has 5 rings (SSSR count). The van der Waals surface area contributed by atoms with Crippen molar-refractivity contribution in [3.8, 4) is 0 Å². The fourth-order valence-corrected chi connectivity index (χ4v) is 5.35. The Morgan fingerprint density at radius 2 is 2.10 bits per heavy atom. The molecule has 2 saturated heterocycles. The third-order valence-electron chi connectivity index (χ3n) is 6.93. The van der Waals surface area contributed by atoms with E-state index >= 15 is 0 Å². The fraction of sp³-hybridized carbons (Fsp3) is 0.773. The molecular formula is C22H34IN3O4. The lowest BCUT2D eigenvalue weighted by Gasteiger charge is -2.31. The van der Waals surface area contributed by atoms with Gasteiger partial charge in [-0.3, -0.25) is 4.99 Å². The summed E-state index contributed by atoms with van der Waals surface area (Å²) in [7, 11) is 0. The van der Waals surface area contributed by atoms with Gasteiger partial charge in [-0.05, 0) is 43.2 Å². The first-order valence-corrected chi connectivity index (χ1v) is 11.2. The monoisotopic (exact) mass is 531 g/mol. The van der Waals surface area contributed by atoms with Gasteiger partial charge in [0.15, 0.2) is 11.7 Å². The van der Waals surface area contributed by atoms with Crippen molar-refractivity contribution in [1.82, 2.24) is 10.6 Å². The Hall–Kier alpha value is -0.840. The molecule has 2 bridgehead atoms. The first-order chi connectivity index (χ1) is 14.3. The molecule has 4 aliphatic rings. The predicted octanol–water partition coefficient (Wildman–Crippen LogP) is 3.09. The fourth-order valence-electron chi connectivity index (χ4n) is 5.35. The van der Waals surface area contributed by atoms with Crippen LogP contribution in [0.4, 0.5) is 0 Å². The van der Waals surface area contributed by atoms with Crippen LogP contribution in [-0.2, 0) is 20.6 Å². The van der Waals surface area contributed by atoms with Crippen LogP contribution in [0, 0.1) is 11.8 Å². The zero-order chi connectivity index (χ0) is 19.5. The Kier molecular flexibility index (Phi) is 7.59. The number of furan rings is 1. The Labute approximate surface area is 195 Å². The SMILES string of the molecule is I.c1coc(CCNC(=NCC2COC3(CCOCC3)O2)NC2CC3CCC2C3)c1. The topological polar surface area (TPSA) is 77.3 Å². The van der Waals surface area contributed by atoms with Crippen molar-refractivity contribution in [2.45, 2.75) is 62.9 Å². The summed E-state index contributed by atoms with van der Waals surface area (Å²) in [5.41, 5.74) is 0. The van der Waals surface area contributed by atoms with Crippen molar-refractivity contribution < 1.29 is 18.6 Å². The van der Waals surface area contributed by atoms with Crippen LogP contribution in [0.15, 0.2) is 27.8 Å². The molecule has 3 heterocycles. The number of nitrogens with one attached hydrogen (secondary N) is 2. The Morgan fingerprint density at radius 3 is 2.83 bits per heavy atom. The van der Waals surface area contributed by atoms with Gasteiger partial charge in [0.25, 0.3) is 0 Å². The van der Waals surface area contributed by atoms with E-state index in [1.165, 1.54) is 25.7 Å². The molecule has 1 aromatic heterocycles. The number of hydrogen-bond donors (Lipinski definition) is 2. The van der Waals surface area contributed by atoms with Crippen LogP contribution in [0.25, 0.3) is 0 Å². The van der Waals surface area contributed by atoms with E-state index in [0.29, 0.717) is 32.4 Å². The summed E-state index contributed by atoms with van der Waals surface area (Å²) in [4.78, 5) is 4.88. The highest BCUT2D eigenvalue weighted by atomic mass is 127. The second-order valence-corrected chi connectivity index (χ2v) is 8.95. The average molecular weight is 531 g/mol. The van der Waals surface area contributed by atoms with Crippen molar-refractivity contribution in [1.29, 1.82) is 0 Å². The van der Waals surface area contributed by atoms with E-state index in [1.54, 1.807) is 6.26 Å². The lowest BCUT2D eigenvalue weighted by atomic mass is 9.95. The molecule has 1 aromatic rings. The van der Waals surface area contributed by atoms with Crippen LogP contribution in [0.5, 0.6) is 0 Å². The summed E-state index contributed by atoms with van der Waals surface area (Å²) in [5, 5.41) is 7.22. The average Bonchev–Trinajstić information content (AvgIpc) is 3.53. The number of fused-ring (bicyclic) bond motifs is 2. The lowest BCUT2D eigenvalue weighted by molar-refractivity contribution is -0.210. The highest BCUT2D eigenvalue weighted by Crippen LogP contribution is 2.44. The van der Waals surface area contributed by atoms with E-state index in [4.69, 9.17) is 23.6 Å². The second-order valence-electron chi connectivity index (χ2n) is 8.95. The highest BCUT2D eigenvalue weighted by Gasteiger charge is 2.43. The minimum atomic E-state index is -0.441. The van der Waals surface area contributed by atoms with E-state index < -0.39 is 5.79 Å². The predicted molar refractivity (Wildman–Crippen MR) is 124 cm³/mol. The molecule has 1 spiro atoms. The van der Waals surface area contributed by atoms with Crippen LogP contribution in [0.2, 0.25) is 0 Å². The third-order valence-corrected chi connectivity index (χ3v) is 6.93. The number of halogens is 1. The first kappa shape index (κ1) is 22.4. The molecule has 30 heavy (non-hydrogen) atoms. The molecule has 0 amide bonds. The molecule has 2 N–H and O–H groups in total. The van der Waals surface area contributed by atoms with E-state index in [-0.39, 0.29) is 30.1 Å². The molecule has 2 saturated carbocycles. The van der Waals surface area contributed by atoms with Gasteiger partial charge in [0.05, 0.1) is 32.6 Å². The standard InChI is InChI=1S/C22H33N3O4.HI/c1-2-18(27-9-1)5-8-23-21(25-20-13-16-3-4-17(20)12-16)24-14-19-15-28-22(29-19)6-10-26-11-7-22;/h1-2,9,16-17,19-20H,3-8,10-15H2,(H2,23,24,25);1H. The van der Waals surface area contributed by atoms with Gasteiger partial charge in [-0.25, -0.2) is 0 Å². The summed E-state index contributed by atoms with van der Waals surface area (Å²) >= 11 is 0. The van der Waals surface area contributed by atoms with Crippen LogP contribution in [-0.4, -0.2) is 56.8 Å². The summed E-state index contributed by atoms with van der Waals surface area (Å²) in [6, 6.07) is 4.49. The van der Waals surface area contributed by atoms with E-state index in [1.807, 2.05) is 12.1 Å². The molecule has 4 fully saturated rings. The molecule has 2 aliphatic heterocycles. The Morgan fingerprint density at radius 1 is 1.20 bits per heavy atom. The van der Waals surface area contributed by atoms with Crippen LogP contribution in [0.3, 0.4) is 0 Å². The zero-order valence-corrected chi connectivity index (χ0v) is 19.8. The number of nitrogens with zero attached hydrogens (tertiary/aromatic N) is 1. The number of guanidine groups is 1. The summed E-state index contributed by atoms with van der Waals surface area (Å²) in [5.74, 6) is 3.15. The van der Waals surface area contributed by atoms with E-state index in [9.17, 15) is 0 Å². The quantitative estimate of drug-likeness (QED) is 0.334. The van der Waals surface area contributed by atoms with Crippen LogP contribution in [0.1, 0.15) is 44.3 Å². The first-order valence-electron chi connectivity index (χ1n) is 11.2. The van der Waals surface area contributed by atoms with Gasteiger partial charge >= 0.3 is 0 Å². The maximum absolute atomic E-state index is 6.24. The van der Waals surface area contributed by atoms with Crippen molar-refractivity contribution in [3.63, 3.8) is 0 Å². The maximum atomic E-state index is 6.24. The van der Waals surface area contributed by atoms with Crippen LogP contribution < -0.4 is 10.6 Å². The largest absolute Gasteiger partial charge is 0.469 e. The Bertz CT molecular complexity index is 693. The second kappa shape index (κ2) is 10.2. The summed E-state index contributed by atoms with van der Waals surface area (Å²) in [6.45, 7) is 3.43. The summed E-state index contributed by atoms with van der Waals surface area (Å²) in [6.07, 6.45) is 9.61. The minimum absolute atomic E-state index is 0. The lowest BCUT2D eigenvalue weighted by Crippen LogP contribution is -2.46. The van der Waals surface area contributed by atoms with Gasteiger partial charge in [-0.1, -0.05) is 6.42 Å². The molecule has 8 heteroatoms. The number of rotatable bonds is 6. The van der Waals surface area contributed by atoms with Gasteiger partial charge in [-0.2, -0.15) is 0 Å². The maximum Gasteiger partial charge on any atom is 0.191 e. The van der Waals surface area contributed by atoms with Gasteiger partial charge in [0.1, 0.15) is 11.9 Å². The van der Waals surface area contributed by atoms with Gasteiger partial charge < -0.3 is 29.3 Å². The minimum Gasteiger partial charge on any atom is -0.469 e. The number of ether oxygens (including phenoxy) is 3. The van der Waals surface area contributed by atoms with Crippen molar-refractivity contribution >= 4 is 29.9 Å². The van der Waals surface area contributed by atoms with Crippen molar-refractivity contribution in [2.24, 2.45) is 16.8 Å². The number of aliphatic imine (C=N–C) groups is 1. The molecular weight excluding hydrogens is 497 g/mol. The zero-order valence-electron chi connectivity index (χ0n) is 17.5. The molecule has 0 aromatic carbocycles.